The van der Waals surface area contributed by atoms with Crippen LogP contribution >= 0.6 is 11.8 Å². The van der Waals surface area contributed by atoms with Crippen LogP contribution in [0.2, 0.25) is 0 Å². The van der Waals surface area contributed by atoms with Crippen LogP contribution in [0.5, 0.6) is 0 Å². The molecule has 5 nitrogen and oxygen atoms in total. The second-order valence-corrected chi connectivity index (χ2v) is 5.45. The molecule has 1 aromatic rings. The first-order valence-electron chi connectivity index (χ1n) is 6.04. The van der Waals surface area contributed by atoms with Crippen molar-refractivity contribution in [3.8, 4) is 0 Å². The lowest BCUT2D eigenvalue weighted by atomic mass is 10.0. The summed E-state index contributed by atoms with van der Waals surface area (Å²) in [6, 6.07) is 5.34. The number of benzene rings is 1. The maximum atomic E-state index is 12.7. The van der Waals surface area contributed by atoms with Gasteiger partial charge in [-0.15, -0.1) is 11.8 Å². The standard InChI is InChI=1S/C13H14FNO4S/c14-8-1-3-9(4-2-8)20-7-12(16)15-11-6-19-5-10(11)13(17)18/h1-4,10-11H,5-7H2,(H,15,16)(H,17,18). The van der Waals surface area contributed by atoms with Crippen LogP contribution in [0.15, 0.2) is 29.2 Å². The van der Waals surface area contributed by atoms with Crippen molar-refractivity contribution in [3.05, 3.63) is 30.1 Å². The van der Waals surface area contributed by atoms with Gasteiger partial charge in [0.15, 0.2) is 0 Å². The Bertz CT molecular complexity index is 494. The number of carbonyl (C=O) groups excluding carboxylic acids is 1. The van der Waals surface area contributed by atoms with Gasteiger partial charge in [-0.3, -0.25) is 9.59 Å². The van der Waals surface area contributed by atoms with Crippen LogP contribution in [0, 0.1) is 11.7 Å². The fourth-order valence-electron chi connectivity index (χ4n) is 1.87. The SMILES string of the molecule is O=C(CSc1ccc(F)cc1)NC1COCC1C(=O)O. The first kappa shape index (κ1) is 14.8. The highest BCUT2D eigenvalue weighted by Crippen LogP contribution is 2.18. The third-order valence-electron chi connectivity index (χ3n) is 2.93. The van der Waals surface area contributed by atoms with E-state index < -0.39 is 17.9 Å². The Morgan fingerprint density at radius 2 is 2.05 bits per heavy atom. The van der Waals surface area contributed by atoms with Crippen molar-refractivity contribution in [1.29, 1.82) is 0 Å². The average Bonchev–Trinajstić information content (AvgIpc) is 2.86. The van der Waals surface area contributed by atoms with Crippen molar-refractivity contribution in [2.24, 2.45) is 5.92 Å². The predicted molar refractivity (Wildman–Crippen MR) is 71.0 cm³/mol. The van der Waals surface area contributed by atoms with Crippen molar-refractivity contribution in [1.82, 2.24) is 5.32 Å². The summed E-state index contributed by atoms with van der Waals surface area (Å²) in [4.78, 5) is 23.5. The molecule has 7 heteroatoms. The van der Waals surface area contributed by atoms with E-state index in [1.165, 1.54) is 23.9 Å². The Morgan fingerprint density at radius 3 is 2.70 bits per heavy atom. The molecule has 0 spiro atoms. The lowest BCUT2D eigenvalue weighted by Crippen LogP contribution is -2.43. The molecule has 2 N–H and O–H groups in total. The third-order valence-corrected chi connectivity index (χ3v) is 3.94. The maximum absolute atomic E-state index is 12.7. The van der Waals surface area contributed by atoms with Crippen LogP contribution in [0.4, 0.5) is 4.39 Å². The van der Waals surface area contributed by atoms with Crippen LogP contribution in [0.3, 0.4) is 0 Å². The molecule has 2 atom stereocenters. The summed E-state index contributed by atoms with van der Waals surface area (Å²) < 4.78 is 17.8. The van der Waals surface area contributed by atoms with Gasteiger partial charge in [-0.1, -0.05) is 0 Å². The van der Waals surface area contributed by atoms with Crippen LogP contribution in [0.25, 0.3) is 0 Å². The third kappa shape index (κ3) is 3.94. The number of carbonyl (C=O) groups is 2. The van der Waals surface area contributed by atoms with Crippen molar-refractivity contribution < 1.29 is 23.8 Å². The van der Waals surface area contributed by atoms with Crippen molar-refractivity contribution in [2.75, 3.05) is 19.0 Å². The van der Waals surface area contributed by atoms with Crippen LogP contribution < -0.4 is 5.32 Å². The van der Waals surface area contributed by atoms with E-state index in [1.54, 1.807) is 12.1 Å². The first-order valence-corrected chi connectivity index (χ1v) is 7.03. The second kappa shape index (κ2) is 6.71. The Morgan fingerprint density at radius 1 is 1.35 bits per heavy atom. The number of thioether (sulfide) groups is 1. The summed E-state index contributed by atoms with van der Waals surface area (Å²) in [5.41, 5.74) is 0. The molecule has 0 aromatic heterocycles. The molecule has 1 amide bonds. The van der Waals surface area contributed by atoms with Gasteiger partial charge in [0, 0.05) is 4.90 Å². The summed E-state index contributed by atoms with van der Waals surface area (Å²) >= 11 is 1.26. The molecule has 0 bridgehead atoms. The maximum Gasteiger partial charge on any atom is 0.311 e. The summed E-state index contributed by atoms with van der Waals surface area (Å²) in [6.45, 7) is 0.329. The number of ether oxygens (including phenoxy) is 1. The largest absolute Gasteiger partial charge is 0.481 e. The number of amides is 1. The van der Waals surface area contributed by atoms with Gasteiger partial charge in [-0.05, 0) is 24.3 Å². The Labute approximate surface area is 119 Å². The van der Waals surface area contributed by atoms with E-state index in [0.717, 1.165) is 4.90 Å². The molecule has 1 saturated heterocycles. The quantitative estimate of drug-likeness (QED) is 0.797. The molecule has 2 rings (SSSR count). The van der Waals surface area contributed by atoms with Gasteiger partial charge in [0.2, 0.25) is 5.91 Å². The smallest absolute Gasteiger partial charge is 0.311 e. The van der Waals surface area contributed by atoms with Gasteiger partial charge in [0.1, 0.15) is 11.7 Å². The molecule has 1 fully saturated rings. The molecule has 0 radical (unpaired) electrons. The van der Waals surface area contributed by atoms with E-state index in [0.29, 0.717) is 0 Å². The summed E-state index contributed by atoms with van der Waals surface area (Å²) in [7, 11) is 0. The fraction of sp³-hybridized carbons (Fsp3) is 0.385. The van der Waals surface area contributed by atoms with E-state index in [-0.39, 0.29) is 30.7 Å². The van der Waals surface area contributed by atoms with Gasteiger partial charge in [0.05, 0.1) is 25.0 Å². The summed E-state index contributed by atoms with van der Waals surface area (Å²) in [6.07, 6.45) is 0. The molecular weight excluding hydrogens is 285 g/mol. The van der Waals surface area contributed by atoms with Gasteiger partial charge >= 0.3 is 5.97 Å². The van der Waals surface area contributed by atoms with Gasteiger partial charge in [0.25, 0.3) is 0 Å². The molecule has 20 heavy (non-hydrogen) atoms. The van der Waals surface area contributed by atoms with Gasteiger partial charge in [-0.25, -0.2) is 4.39 Å². The van der Waals surface area contributed by atoms with Gasteiger partial charge < -0.3 is 15.2 Å². The minimum atomic E-state index is -0.973. The van der Waals surface area contributed by atoms with Crippen molar-refractivity contribution in [3.63, 3.8) is 0 Å². The fourth-order valence-corrected chi connectivity index (χ4v) is 2.58. The average molecular weight is 299 g/mol. The van der Waals surface area contributed by atoms with Crippen molar-refractivity contribution in [2.45, 2.75) is 10.9 Å². The Kier molecular flexibility index (Phi) is 4.97. The first-order chi connectivity index (χ1) is 9.56. The van der Waals surface area contributed by atoms with E-state index in [9.17, 15) is 14.0 Å². The number of hydrogen-bond donors (Lipinski definition) is 2. The molecule has 1 aliphatic heterocycles. The Hall–Kier alpha value is -1.60. The monoisotopic (exact) mass is 299 g/mol. The molecule has 0 aliphatic carbocycles. The highest BCUT2D eigenvalue weighted by atomic mass is 32.2. The lowest BCUT2D eigenvalue weighted by Gasteiger charge is -2.15. The zero-order valence-electron chi connectivity index (χ0n) is 10.5. The number of nitrogens with one attached hydrogen (secondary N) is 1. The molecule has 0 saturated carbocycles. The van der Waals surface area contributed by atoms with E-state index in [2.05, 4.69) is 5.32 Å². The number of halogens is 1. The van der Waals surface area contributed by atoms with E-state index >= 15 is 0 Å². The summed E-state index contributed by atoms with van der Waals surface area (Å²) in [5, 5.41) is 11.6. The predicted octanol–water partition coefficient (Wildman–Crippen LogP) is 1.13. The highest BCUT2D eigenvalue weighted by Gasteiger charge is 2.34. The number of aliphatic carboxylic acids is 1. The molecule has 1 heterocycles. The van der Waals surface area contributed by atoms with Crippen LogP contribution in [0.1, 0.15) is 0 Å². The Balaban J connectivity index is 1.80. The minimum absolute atomic E-state index is 0.116. The van der Waals surface area contributed by atoms with Gasteiger partial charge in [-0.2, -0.15) is 0 Å². The van der Waals surface area contributed by atoms with E-state index in [1.807, 2.05) is 0 Å². The normalized spacial score (nSPS) is 21.6. The minimum Gasteiger partial charge on any atom is -0.481 e. The zero-order chi connectivity index (χ0) is 14.5. The second-order valence-electron chi connectivity index (χ2n) is 4.40. The highest BCUT2D eigenvalue weighted by molar-refractivity contribution is 8.00. The molecule has 108 valence electrons. The zero-order valence-corrected chi connectivity index (χ0v) is 11.4. The van der Waals surface area contributed by atoms with Crippen molar-refractivity contribution >= 4 is 23.6 Å². The molecule has 2 unspecified atom stereocenters. The molecule has 1 aliphatic rings. The number of carboxylic acid groups (broad SMARTS) is 1. The van der Waals surface area contributed by atoms with E-state index in [4.69, 9.17) is 9.84 Å². The number of hydrogen-bond acceptors (Lipinski definition) is 4. The molecular formula is C13H14FNO4S. The number of carboxylic acids is 1. The lowest BCUT2D eigenvalue weighted by molar-refractivity contribution is -0.142. The topological polar surface area (TPSA) is 75.6 Å². The van der Waals surface area contributed by atoms with Crippen LogP contribution in [-0.4, -0.2) is 42.0 Å². The van der Waals surface area contributed by atoms with Crippen LogP contribution in [-0.2, 0) is 14.3 Å². The number of rotatable bonds is 5. The molecule has 1 aromatic carbocycles. The summed E-state index contributed by atoms with van der Waals surface area (Å²) in [5.74, 6) is -2.12.